The lowest BCUT2D eigenvalue weighted by Crippen LogP contribution is -1.83. The van der Waals surface area contributed by atoms with Crippen molar-refractivity contribution in [2.45, 2.75) is 19.8 Å². The van der Waals surface area contributed by atoms with Crippen molar-refractivity contribution >= 4 is 0 Å². The number of phenols is 2. The van der Waals surface area contributed by atoms with Crippen LogP contribution in [-0.4, -0.2) is 10.2 Å². The maximum Gasteiger partial charge on any atom is 0.160 e. The lowest BCUT2D eigenvalue weighted by Gasteiger charge is -2.03. The van der Waals surface area contributed by atoms with E-state index in [0.717, 1.165) is 29.9 Å². The van der Waals surface area contributed by atoms with Gasteiger partial charge in [0.05, 0.1) is 0 Å². The molecular formula is C21H22O3. The second-order valence-electron chi connectivity index (χ2n) is 5.26. The molecule has 3 nitrogen and oxygen atoms in total. The third-order valence-electron chi connectivity index (χ3n) is 3.34. The van der Waals surface area contributed by atoms with Gasteiger partial charge in [0, 0.05) is 0 Å². The average Bonchev–Trinajstić information content (AvgIpc) is 2.62. The van der Waals surface area contributed by atoms with E-state index in [9.17, 15) is 5.11 Å². The molecule has 0 radical (unpaired) electrons. The molecule has 3 heteroatoms. The first-order valence-corrected chi connectivity index (χ1v) is 7.98. The summed E-state index contributed by atoms with van der Waals surface area (Å²) in [5.41, 5.74) is 0.813. The summed E-state index contributed by atoms with van der Waals surface area (Å²) in [6, 6.07) is 24.6. The Kier molecular flexibility index (Phi) is 6.72. The molecule has 2 N–H and O–H groups in total. The highest BCUT2D eigenvalue weighted by Gasteiger charge is 2.03. The summed E-state index contributed by atoms with van der Waals surface area (Å²) in [7, 11) is 0. The Morgan fingerprint density at radius 1 is 0.708 bits per heavy atom. The molecule has 3 rings (SSSR count). The van der Waals surface area contributed by atoms with Crippen LogP contribution in [0.3, 0.4) is 0 Å². The second kappa shape index (κ2) is 9.26. The fourth-order valence-corrected chi connectivity index (χ4v) is 2.16. The minimum atomic E-state index is -0.0315. The third-order valence-corrected chi connectivity index (χ3v) is 3.34. The van der Waals surface area contributed by atoms with E-state index in [2.05, 4.69) is 0 Å². The fraction of sp³-hybridized carbons (Fsp3) is 0.143. The summed E-state index contributed by atoms with van der Waals surface area (Å²) in [4.78, 5) is 0. The number of para-hydroxylation sites is 3. The quantitative estimate of drug-likeness (QED) is 0.621. The molecule has 0 atom stereocenters. The molecule has 0 aliphatic heterocycles. The van der Waals surface area contributed by atoms with Crippen molar-refractivity contribution in [2.75, 3.05) is 0 Å². The van der Waals surface area contributed by atoms with Gasteiger partial charge in [0.2, 0.25) is 0 Å². The molecule has 0 saturated heterocycles. The van der Waals surface area contributed by atoms with Crippen molar-refractivity contribution < 1.29 is 14.9 Å². The Labute approximate surface area is 142 Å². The van der Waals surface area contributed by atoms with Crippen LogP contribution in [0.1, 0.15) is 18.9 Å². The number of benzene rings is 3. The van der Waals surface area contributed by atoms with E-state index in [1.54, 1.807) is 6.07 Å². The summed E-state index contributed by atoms with van der Waals surface area (Å²) < 4.78 is 5.58. The molecule has 3 aromatic carbocycles. The Hall–Kier alpha value is -2.94. The number of aromatic hydroxyl groups is 2. The van der Waals surface area contributed by atoms with Crippen LogP contribution in [0.25, 0.3) is 0 Å². The van der Waals surface area contributed by atoms with Crippen LogP contribution < -0.4 is 4.74 Å². The average molecular weight is 322 g/mol. The maximum absolute atomic E-state index is 9.28. The molecule has 124 valence electrons. The molecule has 0 bridgehead atoms. The molecular weight excluding hydrogens is 300 g/mol. The maximum atomic E-state index is 9.28. The molecule has 0 aliphatic carbocycles. The van der Waals surface area contributed by atoms with E-state index in [1.807, 2.05) is 73.7 Å². The van der Waals surface area contributed by atoms with Gasteiger partial charge in [-0.1, -0.05) is 61.9 Å². The number of hydrogen-bond acceptors (Lipinski definition) is 3. The molecule has 0 heterocycles. The van der Waals surface area contributed by atoms with Crippen molar-refractivity contribution in [1.82, 2.24) is 0 Å². The van der Waals surface area contributed by atoms with E-state index in [4.69, 9.17) is 9.84 Å². The van der Waals surface area contributed by atoms with E-state index >= 15 is 0 Å². The number of ether oxygens (including phenoxy) is 1. The van der Waals surface area contributed by atoms with Crippen LogP contribution >= 0.6 is 0 Å². The molecule has 0 unspecified atom stereocenters. The monoisotopic (exact) mass is 322 g/mol. The molecule has 24 heavy (non-hydrogen) atoms. The van der Waals surface area contributed by atoms with E-state index in [0.29, 0.717) is 0 Å². The smallest absolute Gasteiger partial charge is 0.160 e. The first-order valence-electron chi connectivity index (χ1n) is 7.98. The zero-order valence-corrected chi connectivity index (χ0v) is 13.7. The highest BCUT2D eigenvalue weighted by atomic mass is 16.5. The van der Waals surface area contributed by atoms with Crippen molar-refractivity contribution in [1.29, 1.82) is 0 Å². The van der Waals surface area contributed by atoms with Gasteiger partial charge in [-0.2, -0.15) is 0 Å². The summed E-state index contributed by atoms with van der Waals surface area (Å²) in [6.45, 7) is 2.03. The zero-order chi connectivity index (χ0) is 17.2. The topological polar surface area (TPSA) is 49.7 Å². The standard InChI is InChI=1S/C12H10O.C9H12O2/c1-3-7-11(8-4-1)13-12-9-5-2-6-10-12;1-2-4-7-5-3-6-8(10)9(7)11/h1-10H;3,5-6,10-11H,2,4H2,1H3. The Morgan fingerprint density at radius 3 is 1.75 bits per heavy atom. The Balaban J connectivity index is 0.000000177. The summed E-state index contributed by atoms with van der Waals surface area (Å²) in [6.07, 6.45) is 1.78. The number of hydrogen-bond donors (Lipinski definition) is 2. The normalized spacial score (nSPS) is 9.71. The van der Waals surface area contributed by atoms with Gasteiger partial charge >= 0.3 is 0 Å². The van der Waals surface area contributed by atoms with Gasteiger partial charge in [-0.15, -0.1) is 0 Å². The van der Waals surface area contributed by atoms with E-state index in [1.165, 1.54) is 6.07 Å². The predicted molar refractivity (Wildman–Crippen MR) is 96.7 cm³/mol. The minimum Gasteiger partial charge on any atom is -0.504 e. The Bertz CT molecular complexity index is 687. The van der Waals surface area contributed by atoms with E-state index in [-0.39, 0.29) is 11.5 Å². The van der Waals surface area contributed by atoms with Crippen LogP contribution in [0.4, 0.5) is 0 Å². The van der Waals surface area contributed by atoms with Crippen molar-refractivity contribution in [2.24, 2.45) is 0 Å². The molecule has 0 aromatic heterocycles. The van der Waals surface area contributed by atoms with Gasteiger partial charge in [-0.25, -0.2) is 0 Å². The first kappa shape index (κ1) is 17.4. The highest BCUT2D eigenvalue weighted by molar-refractivity contribution is 5.44. The van der Waals surface area contributed by atoms with Gasteiger partial charge in [0.25, 0.3) is 0 Å². The van der Waals surface area contributed by atoms with Crippen molar-refractivity contribution in [3.8, 4) is 23.0 Å². The van der Waals surface area contributed by atoms with Gasteiger partial charge in [0.15, 0.2) is 11.5 Å². The summed E-state index contributed by atoms with van der Waals surface area (Å²) in [5.74, 6) is 1.73. The Morgan fingerprint density at radius 2 is 1.25 bits per heavy atom. The SMILES string of the molecule is CCCc1cccc(O)c1O.c1ccc(Oc2ccccc2)cc1. The van der Waals surface area contributed by atoms with Gasteiger partial charge in [-0.3, -0.25) is 0 Å². The van der Waals surface area contributed by atoms with E-state index < -0.39 is 0 Å². The highest BCUT2D eigenvalue weighted by Crippen LogP contribution is 2.28. The van der Waals surface area contributed by atoms with Crippen LogP contribution in [-0.2, 0) is 6.42 Å². The second-order valence-corrected chi connectivity index (χ2v) is 5.26. The molecule has 0 aliphatic rings. The van der Waals surface area contributed by atoms with Crippen LogP contribution in [0, 0.1) is 0 Å². The minimum absolute atomic E-state index is 0.0225. The lowest BCUT2D eigenvalue weighted by molar-refractivity contribution is 0.399. The van der Waals surface area contributed by atoms with Gasteiger partial charge < -0.3 is 14.9 Å². The largest absolute Gasteiger partial charge is 0.504 e. The summed E-state index contributed by atoms with van der Waals surface area (Å²) in [5, 5.41) is 18.4. The molecule has 3 aromatic rings. The number of aryl methyl sites for hydroxylation is 1. The zero-order valence-electron chi connectivity index (χ0n) is 13.7. The van der Waals surface area contributed by atoms with Crippen molar-refractivity contribution in [3.05, 3.63) is 84.4 Å². The lowest BCUT2D eigenvalue weighted by atomic mass is 10.1. The molecule has 0 fully saturated rings. The fourth-order valence-electron chi connectivity index (χ4n) is 2.16. The van der Waals surface area contributed by atoms with Gasteiger partial charge in [-0.05, 0) is 42.3 Å². The number of phenolic OH excluding ortho intramolecular Hbond substituents is 2. The van der Waals surface area contributed by atoms with Crippen LogP contribution in [0.15, 0.2) is 78.9 Å². The molecule has 0 saturated carbocycles. The van der Waals surface area contributed by atoms with Crippen molar-refractivity contribution in [3.63, 3.8) is 0 Å². The predicted octanol–water partition coefficient (Wildman–Crippen LogP) is 5.53. The van der Waals surface area contributed by atoms with Gasteiger partial charge in [0.1, 0.15) is 11.5 Å². The van der Waals surface area contributed by atoms with Crippen LogP contribution in [0.2, 0.25) is 0 Å². The molecule has 0 amide bonds. The van der Waals surface area contributed by atoms with Crippen LogP contribution in [0.5, 0.6) is 23.0 Å². The molecule has 0 spiro atoms. The summed E-state index contributed by atoms with van der Waals surface area (Å²) >= 11 is 0. The third kappa shape index (κ3) is 5.36. The first-order chi connectivity index (χ1) is 11.7. The number of rotatable bonds is 4.